The average Bonchev–Trinajstić information content (AvgIpc) is 3.10. The van der Waals surface area contributed by atoms with E-state index in [1.807, 2.05) is 11.5 Å². The number of aryl methyl sites for hydroxylation is 1. The number of hydrogen-bond acceptors (Lipinski definition) is 4. The van der Waals surface area contributed by atoms with Gasteiger partial charge in [0.05, 0.1) is 6.54 Å². The minimum absolute atomic E-state index is 0.117. The SMILES string of the molecule is CN=C(NCCCCn1cnnc1)NCC(C)Oc1cccc(F)c1. The highest BCUT2D eigenvalue weighted by atomic mass is 19.1. The summed E-state index contributed by atoms with van der Waals surface area (Å²) < 4.78 is 20.8. The van der Waals surface area contributed by atoms with E-state index in [9.17, 15) is 4.39 Å². The third kappa shape index (κ3) is 7.19. The fourth-order valence-electron chi connectivity index (χ4n) is 2.24. The minimum atomic E-state index is -0.304. The van der Waals surface area contributed by atoms with Gasteiger partial charge in [-0.1, -0.05) is 6.07 Å². The van der Waals surface area contributed by atoms with Crippen LogP contribution in [0.3, 0.4) is 0 Å². The monoisotopic (exact) mass is 348 g/mol. The van der Waals surface area contributed by atoms with Crippen LogP contribution in [0.4, 0.5) is 4.39 Å². The van der Waals surface area contributed by atoms with Crippen LogP contribution in [0.1, 0.15) is 19.8 Å². The number of nitrogens with zero attached hydrogens (tertiary/aromatic N) is 4. The number of rotatable bonds is 9. The predicted octanol–water partition coefficient (Wildman–Crippen LogP) is 1.83. The second kappa shape index (κ2) is 10.3. The van der Waals surface area contributed by atoms with E-state index >= 15 is 0 Å². The van der Waals surface area contributed by atoms with Gasteiger partial charge in [-0.15, -0.1) is 10.2 Å². The van der Waals surface area contributed by atoms with E-state index < -0.39 is 0 Å². The van der Waals surface area contributed by atoms with Gasteiger partial charge in [0.15, 0.2) is 5.96 Å². The maximum absolute atomic E-state index is 13.1. The summed E-state index contributed by atoms with van der Waals surface area (Å²) in [6, 6.07) is 6.14. The number of guanidine groups is 1. The van der Waals surface area contributed by atoms with Crippen LogP contribution in [-0.4, -0.2) is 47.0 Å². The molecule has 7 nitrogen and oxygen atoms in total. The lowest BCUT2D eigenvalue weighted by Crippen LogP contribution is -2.42. The van der Waals surface area contributed by atoms with E-state index in [1.54, 1.807) is 31.8 Å². The first-order chi connectivity index (χ1) is 12.2. The van der Waals surface area contributed by atoms with Crippen molar-refractivity contribution in [3.63, 3.8) is 0 Å². The topological polar surface area (TPSA) is 76.4 Å². The Morgan fingerprint density at radius 3 is 2.80 bits per heavy atom. The maximum Gasteiger partial charge on any atom is 0.191 e. The molecular weight excluding hydrogens is 323 g/mol. The van der Waals surface area contributed by atoms with Gasteiger partial charge in [-0.25, -0.2) is 4.39 Å². The Morgan fingerprint density at radius 1 is 1.28 bits per heavy atom. The zero-order valence-electron chi connectivity index (χ0n) is 14.7. The number of unbranched alkanes of at least 4 members (excludes halogenated alkanes) is 1. The Kier molecular flexibility index (Phi) is 7.68. The molecule has 2 rings (SSSR count). The molecule has 0 aliphatic rings. The Morgan fingerprint density at radius 2 is 2.08 bits per heavy atom. The second-order valence-corrected chi connectivity index (χ2v) is 5.67. The van der Waals surface area contributed by atoms with E-state index in [0.717, 1.165) is 31.9 Å². The molecule has 8 heteroatoms. The van der Waals surface area contributed by atoms with Crippen molar-refractivity contribution >= 4 is 5.96 Å². The first-order valence-corrected chi connectivity index (χ1v) is 8.36. The number of ether oxygens (including phenoxy) is 1. The number of hydrogen-bond donors (Lipinski definition) is 2. The van der Waals surface area contributed by atoms with E-state index in [4.69, 9.17) is 4.74 Å². The quantitative estimate of drug-likeness (QED) is 0.411. The van der Waals surface area contributed by atoms with Crippen LogP contribution in [0.15, 0.2) is 41.9 Å². The van der Waals surface area contributed by atoms with Crippen molar-refractivity contribution in [2.75, 3.05) is 20.1 Å². The molecule has 136 valence electrons. The standard InChI is InChI=1S/C17H25FN6O/c1-14(25-16-7-5-6-15(18)10-16)11-21-17(19-2)20-8-3-4-9-24-12-22-23-13-24/h5-7,10,12-14H,3-4,8-9,11H2,1-2H3,(H2,19,20,21). The molecule has 0 bridgehead atoms. The van der Waals surface area contributed by atoms with Gasteiger partial charge in [-0.3, -0.25) is 4.99 Å². The summed E-state index contributed by atoms with van der Waals surface area (Å²) in [6.07, 6.45) is 5.35. The molecule has 0 saturated heterocycles. The van der Waals surface area contributed by atoms with Crippen LogP contribution in [-0.2, 0) is 6.54 Å². The molecule has 0 radical (unpaired) electrons. The summed E-state index contributed by atoms with van der Waals surface area (Å²) in [5.74, 6) is 0.937. The molecular formula is C17H25FN6O. The molecule has 1 heterocycles. The van der Waals surface area contributed by atoms with Crippen molar-refractivity contribution in [2.45, 2.75) is 32.4 Å². The Hall–Kier alpha value is -2.64. The summed E-state index contributed by atoms with van der Waals surface area (Å²) in [4.78, 5) is 4.18. The zero-order chi connectivity index (χ0) is 17.9. The summed E-state index contributed by atoms with van der Waals surface area (Å²) >= 11 is 0. The van der Waals surface area contributed by atoms with Gasteiger partial charge in [-0.05, 0) is 31.9 Å². The van der Waals surface area contributed by atoms with E-state index in [0.29, 0.717) is 12.3 Å². The largest absolute Gasteiger partial charge is 0.489 e. The molecule has 0 spiro atoms. The molecule has 1 unspecified atom stereocenters. The Labute approximate surface area is 147 Å². The summed E-state index contributed by atoms with van der Waals surface area (Å²) in [7, 11) is 1.73. The van der Waals surface area contributed by atoms with Gasteiger partial charge in [-0.2, -0.15) is 0 Å². The smallest absolute Gasteiger partial charge is 0.191 e. The summed E-state index contributed by atoms with van der Waals surface area (Å²) in [5, 5.41) is 14.0. The summed E-state index contributed by atoms with van der Waals surface area (Å²) in [5.41, 5.74) is 0. The lowest BCUT2D eigenvalue weighted by Gasteiger charge is -2.17. The molecule has 1 aromatic carbocycles. The lowest BCUT2D eigenvalue weighted by atomic mass is 10.3. The van der Waals surface area contributed by atoms with Crippen molar-refractivity contribution in [3.8, 4) is 5.75 Å². The van der Waals surface area contributed by atoms with E-state index in [-0.39, 0.29) is 11.9 Å². The molecule has 0 amide bonds. The van der Waals surface area contributed by atoms with Gasteiger partial charge in [0.25, 0.3) is 0 Å². The molecule has 2 N–H and O–H groups in total. The highest BCUT2D eigenvalue weighted by Crippen LogP contribution is 2.13. The molecule has 1 aromatic heterocycles. The highest BCUT2D eigenvalue weighted by molar-refractivity contribution is 5.79. The third-order valence-electron chi connectivity index (χ3n) is 3.52. The first-order valence-electron chi connectivity index (χ1n) is 8.36. The third-order valence-corrected chi connectivity index (χ3v) is 3.52. The number of aromatic nitrogens is 3. The average molecular weight is 348 g/mol. The maximum atomic E-state index is 13.1. The van der Waals surface area contributed by atoms with Crippen molar-refractivity contribution in [1.29, 1.82) is 0 Å². The van der Waals surface area contributed by atoms with Crippen LogP contribution in [0.25, 0.3) is 0 Å². The molecule has 25 heavy (non-hydrogen) atoms. The van der Waals surface area contributed by atoms with Crippen LogP contribution < -0.4 is 15.4 Å². The fraction of sp³-hybridized carbons (Fsp3) is 0.471. The van der Waals surface area contributed by atoms with Crippen molar-refractivity contribution in [1.82, 2.24) is 25.4 Å². The van der Waals surface area contributed by atoms with Crippen molar-refractivity contribution in [2.24, 2.45) is 4.99 Å². The number of aliphatic imine (C=N–C) groups is 1. The predicted molar refractivity (Wildman–Crippen MR) is 95.1 cm³/mol. The van der Waals surface area contributed by atoms with Crippen LogP contribution in [0.2, 0.25) is 0 Å². The Balaban J connectivity index is 1.60. The molecule has 0 aliphatic carbocycles. The molecule has 0 fully saturated rings. The fourth-order valence-corrected chi connectivity index (χ4v) is 2.24. The van der Waals surface area contributed by atoms with Crippen molar-refractivity contribution < 1.29 is 9.13 Å². The van der Waals surface area contributed by atoms with Crippen LogP contribution in [0.5, 0.6) is 5.75 Å². The Bertz CT molecular complexity index is 646. The van der Waals surface area contributed by atoms with Gasteiger partial charge >= 0.3 is 0 Å². The van der Waals surface area contributed by atoms with Gasteiger partial charge in [0.2, 0.25) is 0 Å². The summed E-state index contributed by atoms with van der Waals surface area (Å²) in [6.45, 7) is 4.21. The van der Waals surface area contributed by atoms with Gasteiger partial charge in [0, 0.05) is 26.2 Å². The van der Waals surface area contributed by atoms with Crippen LogP contribution >= 0.6 is 0 Å². The van der Waals surface area contributed by atoms with Crippen LogP contribution in [0, 0.1) is 5.82 Å². The second-order valence-electron chi connectivity index (χ2n) is 5.67. The molecule has 0 aliphatic heterocycles. The van der Waals surface area contributed by atoms with Gasteiger partial charge in [0.1, 0.15) is 30.3 Å². The number of nitrogens with one attached hydrogen (secondary N) is 2. The normalized spacial score (nSPS) is 12.7. The van der Waals surface area contributed by atoms with Gasteiger partial charge < -0.3 is 19.9 Å². The zero-order valence-corrected chi connectivity index (χ0v) is 14.7. The lowest BCUT2D eigenvalue weighted by molar-refractivity contribution is 0.223. The number of benzene rings is 1. The molecule has 0 saturated carbocycles. The minimum Gasteiger partial charge on any atom is -0.489 e. The van der Waals surface area contributed by atoms with E-state index in [1.165, 1.54) is 12.1 Å². The molecule has 1 atom stereocenters. The van der Waals surface area contributed by atoms with Crippen molar-refractivity contribution in [3.05, 3.63) is 42.7 Å². The first kappa shape index (κ1) is 18.7. The number of halogens is 1. The molecule has 2 aromatic rings. The highest BCUT2D eigenvalue weighted by Gasteiger charge is 2.06. The van der Waals surface area contributed by atoms with E-state index in [2.05, 4.69) is 25.8 Å².